The van der Waals surface area contributed by atoms with Gasteiger partial charge in [-0.2, -0.15) is 5.10 Å². The summed E-state index contributed by atoms with van der Waals surface area (Å²) < 4.78 is 1.96. The average molecular weight is 510 g/mol. The summed E-state index contributed by atoms with van der Waals surface area (Å²) in [5.41, 5.74) is 12.6. The minimum Gasteiger partial charge on any atom is -0.368 e. The molecular formula is C32H39N5O. The number of carbonyl (C=O) groups excluding carboxylic acids is 1. The van der Waals surface area contributed by atoms with Gasteiger partial charge in [0.05, 0.1) is 11.4 Å². The number of anilines is 1. The largest absolute Gasteiger partial charge is 0.368 e. The molecule has 1 fully saturated rings. The lowest BCUT2D eigenvalue weighted by molar-refractivity contribution is -0.131. The van der Waals surface area contributed by atoms with Gasteiger partial charge in [0.2, 0.25) is 5.91 Å². The molecule has 5 rings (SSSR count). The van der Waals surface area contributed by atoms with Crippen LogP contribution in [0.2, 0.25) is 0 Å². The van der Waals surface area contributed by atoms with Gasteiger partial charge >= 0.3 is 0 Å². The Morgan fingerprint density at radius 2 is 1.53 bits per heavy atom. The molecular weight excluding hydrogens is 470 g/mol. The van der Waals surface area contributed by atoms with Crippen molar-refractivity contribution in [3.05, 3.63) is 81.2 Å². The lowest BCUT2D eigenvalue weighted by atomic mass is 9.99. The lowest BCUT2D eigenvalue weighted by Gasteiger charge is -2.37. The Balaban J connectivity index is 1.30. The molecule has 0 radical (unpaired) electrons. The monoisotopic (exact) mass is 509 g/mol. The van der Waals surface area contributed by atoms with Crippen molar-refractivity contribution in [2.45, 2.75) is 61.3 Å². The van der Waals surface area contributed by atoms with Crippen LogP contribution in [0.15, 0.2) is 36.4 Å². The Bertz CT molecular complexity index is 1530. The van der Waals surface area contributed by atoms with E-state index in [0.717, 1.165) is 54.3 Å². The molecule has 6 nitrogen and oxygen atoms in total. The van der Waals surface area contributed by atoms with Gasteiger partial charge in [0, 0.05) is 49.4 Å². The molecule has 38 heavy (non-hydrogen) atoms. The Kier molecular flexibility index (Phi) is 6.99. The number of hydrogen-bond acceptors (Lipinski definition) is 4. The molecule has 6 heteroatoms. The molecule has 0 bridgehead atoms. The number of hydrogen-bond donors (Lipinski definition) is 0. The first-order chi connectivity index (χ1) is 18.1. The van der Waals surface area contributed by atoms with Crippen molar-refractivity contribution in [3.63, 3.8) is 0 Å². The predicted octanol–water partition coefficient (Wildman–Crippen LogP) is 5.86. The van der Waals surface area contributed by atoms with E-state index in [2.05, 4.69) is 82.8 Å². The standard InChI is InChI=1S/C32H39N5O/c1-20-8-9-22(3)29(18-20)35-14-16-36(17-15-35)30(38)13-12-28-24(5)31-26(7)34-37(32(31)33-25(28)6)27-11-10-21(2)23(4)19-27/h8-11,18-19H,12-17H2,1-7H3. The Hall–Kier alpha value is -3.67. The number of benzene rings is 2. The molecule has 1 saturated heterocycles. The van der Waals surface area contributed by atoms with E-state index < -0.39 is 0 Å². The molecule has 3 heterocycles. The third-order valence-corrected chi connectivity index (χ3v) is 8.24. The molecule has 4 aromatic rings. The minimum atomic E-state index is 0.229. The Morgan fingerprint density at radius 1 is 0.816 bits per heavy atom. The quantitative estimate of drug-likeness (QED) is 0.338. The summed E-state index contributed by atoms with van der Waals surface area (Å²) in [5.74, 6) is 0.229. The first kappa shape index (κ1) is 26.0. The Labute approximate surface area is 226 Å². The fourth-order valence-electron chi connectivity index (χ4n) is 5.76. The highest BCUT2D eigenvalue weighted by Gasteiger charge is 2.23. The molecule has 0 atom stereocenters. The SMILES string of the molecule is Cc1ccc(C)c(N2CCN(C(=O)CCc3c(C)nc4c(c(C)nn4-c4ccc(C)c(C)c4)c3C)CC2)c1. The first-order valence-electron chi connectivity index (χ1n) is 13.7. The fourth-order valence-corrected chi connectivity index (χ4v) is 5.76. The van der Waals surface area contributed by atoms with E-state index >= 15 is 0 Å². The van der Waals surface area contributed by atoms with Gasteiger partial charge in [-0.05, 0) is 106 Å². The molecule has 0 spiro atoms. The van der Waals surface area contributed by atoms with Crippen LogP contribution >= 0.6 is 0 Å². The predicted molar refractivity (Wildman–Crippen MR) is 156 cm³/mol. The Morgan fingerprint density at radius 3 is 2.24 bits per heavy atom. The van der Waals surface area contributed by atoms with Crippen molar-refractivity contribution in [3.8, 4) is 5.69 Å². The third kappa shape index (κ3) is 4.80. The second kappa shape index (κ2) is 10.2. The highest BCUT2D eigenvalue weighted by Crippen LogP contribution is 2.29. The number of amides is 1. The van der Waals surface area contributed by atoms with Gasteiger partial charge in [-0.15, -0.1) is 0 Å². The molecule has 0 saturated carbocycles. The maximum atomic E-state index is 13.2. The van der Waals surface area contributed by atoms with Crippen molar-refractivity contribution in [2.24, 2.45) is 0 Å². The summed E-state index contributed by atoms with van der Waals surface area (Å²) in [6.45, 7) is 18.1. The highest BCUT2D eigenvalue weighted by atomic mass is 16.2. The van der Waals surface area contributed by atoms with Crippen molar-refractivity contribution in [1.29, 1.82) is 0 Å². The number of carbonyl (C=O) groups is 1. The summed E-state index contributed by atoms with van der Waals surface area (Å²) in [5, 5.41) is 5.96. The zero-order valence-corrected chi connectivity index (χ0v) is 23.9. The fraction of sp³-hybridized carbons (Fsp3) is 0.406. The van der Waals surface area contributed by atoms with Crippen LogP contribution in [0.25, 0.3) is 16.7 Å². The van der Waals surface area contributed by atoms with Crippen LogP contribution in [0, 0.1) is 48.5 Å². The third-order valence-electron chi connectivity index (χ3n) is 8.24. The van der Waals surface area contributed by atoms with Gasteiger partial charge in [0.1, 0.15) is 0 Å². The molecule has 1 aliphatic rings. The van der Waals surface area contributed by atoms with Crippen LogP contribution in [0.3, 0.4) is 0 Å². The summed E-state index contributed by atoms with van der Waals surface area (Å²) in [7, 11) is 0. The number of rotatable bonds is 5. The number of fused-ring (bicyclic) bond motifs is 1. The summed E-state index contributed by atoms with van der Waals surface area (Å²) >= 11 is 0. The summed E-state index contributed by atoms with van der Waals surface area (Å²) in [4.78, 5) is 22.7. The normalized spacial score (nSPS) is 14.0. The average Bonchev–Trinajstić information content (AvgIpc) is 3.22. The van der Waals surface area contributed by atoms with Crippen molar-refractivity contribution < 1.29 is 4.79 Å². The van der Waals surface area contributed by atoms with Crippen molar-refractivity contribution in [2.75, 3.05) is 31.1 Å². The van der Waals surface area contributed by atoms with Gasteiger partial charge in [0.25, 0.3) is 0 Å². The van der Waals surface area contributed by atoms with E-state index in [1.54, 1.807) is 0 Å². The highest BCUT2D eigenvalue weighted by molar-refractivity contribution is 5.85. The van der Waals surface area contributed by atoms with Crippen LogP contribution in [-0.2, 0) is 11.2 Å². The molecule has 2 aromatic carbocycles. The molecule has 0 unspecified atom stereocenters. The minimum absolute atomic E-state index is 0.229. The lowest BCUT2D eigenvalue weighted by Crippen LogP contribution is -2.49. The second-order valence-electron chi connectivity index (χ2n) is 10.9. The molecule has 1 aliphatic heterocycles. The number of aryl methyl sites for hydroxylation is 7. The number of aromatic nitrogens is 3. The van der Waals surface area contributed by atoms with Gasteiger partial charge in [-0.25, -0.2) is 9.67 Å². The number of nitrogens with zero attached hydrogens (tertiary/aromatic N) is 5. The zero-order valence-electron chi connectivity index (χ0n) is 23.9. The first-order valence-corrected chi connectivity index (χ1v) is 13.7. The van der Waals surface area contributed by atoms with Gasteiger partial charge in [-0.1, -0.05) is 18.2 Å². The molecule has 198 valence electrons. The van der Waals surface area contributed by atoms with E-state index in [-0.39, 0.29) is 5.91 Å². The number of piperazine rings is 1. The topological polar surface area (TPSA) is 54.3 Å². The van der Waals surface area contributed by atoms with E-state index in [9.17, 15) is 4.79 Å². The van der Waals surface area contributed by atoms with Crippen molar-refractivity contribution in [1.82, 2.24) is 19.7 Å². The summed E-state index contributed by atoms with van der Waals surface area (Å²) in [6.07, 6.45) is 1.20. The van der Waals surface area contributed by atoms with E-state index in [1.807, 2.05) is 16.5 Å². The second-order valence-corrected chi connectivity index (χ2v) is 10.9. The van der Waals surface area contributed by atoms with Gasteiger partial charge < -0.3 is 9.80 Å². The maximum absolute atomic E-state index is 13.2. The van der Waals surface area contributed by atoms with E-state index in [1.165, 1.54) is 39.1 Å². The molecule has 0 aliphatic carbocycles. The van der Waals surface area contributed by atoms with Gasteiger partial charge in [-0.3, -0.25) is 4.79 Å². The maximum Gasteiger partial charge on any atom is 0.223 e. The molecule has 1 amide bonds. The van der Waals surface area contributed by atoms with Gasteiger partial charge in [0.15, 0.2) is 5.65 Å². The van der Waals surface area contributed by atoms with Crippen molar-refractivity contribution >= 4 is 22.6 Å². The van der Waals surface area contributed by atoms with Crippen LogP contribution in [0.5, 0.6) is 0 Å². The molecule has 2 aromatic heterocycles. The van der Waals surface area contributed by atoms with Crippen LogP contribution in [0.1, 0.15) is 51.2 Å². The van der Waals surface area contributed by atoms with Crippen LogP contribution in [-0.4, -0.2) is 51.8 Å². The smallest absolute Gasteiger partial charge is 0.223 e. The number of pyridine rings is 1. The van der Waals surface area contributed by atoms with Crippen LogP contribution in [0.4, 0.5) is 5.69 Å². The van der Waals surface area contributed by atoms with Crippen LogP contribution < -0.4 is 4.90 Å². The van der Waals surface area contributed by atoms with E-state index in [0.29, 0.717) is 12.8 Å². The summed E-state index contributed by atoms with van der Waals surface area (Å²) in [6, 6.07) is 13.0. The molecule has 0 N–H and O–H groups in total. The van der Waals surface area contributed by atoms with E-state index in [4.69, 9.17) is 10.1 Å². The zero-order chi connectivity index (χ0) is 27.1.